The number of imidazole rings is 1. The molecular formula is C27H32ClN7S. The van der Waals surface area contributed by atoms with Gasteiger partial charge in [0.1, 0.15) is 5.82 Å². The third-order valence-electron chi connectivity index (χ3n) is 7.31. The highest BCUT2D eigenvalue weighted by atomic mass is 35.5. The van der Waals surface area contributed by atoms with Crippen molar-refractivity contribution in [1.82, 2.24) is 24.4 Å². The molecule has 36 heavy (non-hydrogen) atoms. The maximum Gasteiger partial charge on any atom is 0.185 e. The van der Waals surface area contributed by atoms with Crippen molar-refractivity contribution in [3.05, 3.63) is 52.8 Å². The van der Waals surface area contributed by atoms with Crippen LogP contribution in [0.25, 0.3) is 22.4 Å². The van der Waals surface area contributed by atoms with E-state index in [1.54, 1.807) is 11.3 Å². The van der Waals surface area contributed by atoms with E-state index < -0.39 is 0 Å². The molecule has 2 aliphatic rings. The number of likely N-dealkylation sites (tertiary alicyclic amines) is 1. The van der Waals surface area contributed by atoms with Gasteiger partial charge in [-0.15, -0.1) is 11.3 Å². The molecule has 1 aromatic carbocycles. The van der Waals surface area contributed by atoms with Crippen LogP contribution in [0.5, 0.6) is 0 Å². The minimum atomic E-state index is 0.768. The lowest BCUT2D eigenvalue weighted by atomic mass is 10.2. The smallest absolute Gasteiger partial charge is 0.185 e. The van der Waals surface area contributed by atoms with E-state index in [4.69, 9.17) is 16.6 Å². The van der Waals surface area contributed by atoms with Crippen molar-refractivity contribution in [2.75, 3.05) is 55.6 Å². The standard InChI is InChI=1S/C27H32ClN7S/c1-20-19-36-27(30-20)34-15-13-33(14-16-34)24-18-25-23(17-22(24)28)31-26(21-5-7-29-8-6-21)35(25)12-4-11-32-9-2-3-10-32/h5-8,17-19H,2-4,9-16H2,1H3. The van der Waals surface area contributed by atoms with Crippen LogP contribution in [0.15, 0.2) is 42.0 Å². The molecule has 2 fully saturated rings. The maximum atomic E-state index is 6.86. The van der Waals surface area contributed by atoms with Crippen molar-refractivity contribution in [3.63, 3.8) is 0 Å². The minimum absolute atomic E-state index is 0.768. The summed E-state index contributed by atoms with van der Waals surface area (Å²) < 4.78 is 2.38. The zero-order chi connectivity index (χ0) is 24.5. The van der Waals surface area contributed by atoms with E-state index in [1.165, 1.54) is 25.9 Å². The lowest BCUT2D eigenvalue weighted by Crippen LogP contribution is -2.46. The summed E-state index contributed by atoms with van der Waals surface area (Å²) in [5.74, 6) is 0.992. The number of aryl methyl sites for hydroxylation is 2. The van der Waals surface area contributed by atoms with Crippen LogP contribution in [-0.2, 0) is 6.54 Å². The van der Waals surface area contributed by atoms with E-state index in [-0.39, 0.29) is 0 Å². The Morgan fingerprint density at radius 2 is 1.67 bits per heavy atom. The second kappa shape index (κ2) is 10.4. The van der Waals surface area contributed by atoms with Gasteiger partial charge in [0.15, 0.2) is 5.13 Å². The molecule has 0 radical (unpaired) electrons. The van der Waals surface area contributed by atoms with Crippen LogP contribution in [0.2, 0.25) is 5.02 Å². The molecule has 2 aliphatic heterocycles. The van der Waals surface area contributed by atoms with Crippen molar-refractivity contribution in [3.8, 4) is 11.4 Å². The van der Waals surface area contributed by atoms with E-state index in [2.05, 4.69) is 47.6 Å². The van der Waals surface area contributed by atoms with Crippen molar-refractivity contribution in [2.45, 2.75) is 32.7 Å². The SMILES string of the molecule is Cc1csc(N2CCN(c3cc4c(cc3Cl)nc(-c3ccncc3)n4CCCN3CCCC3)CC2)n1. The molecule has 188 valence electrons. The van der Waals surface area contributed by atoms with Gasteiger partial charge in [-0.05, 0) is 70.1 Å². The number of piperazine rings is 1. The highest BCUT2D eigenvalue weighted by Gasteiger charge is 2.23. The Labute approximate surface area is 221 Å². The Balaban J connectivity index is 1.28. The van der Waals surface area contributed by atoms with E-state index in [0.717, 1.165) is 89.6 Å². The Kier molecular flexibility index (Phi) is 6.82. The molecule has 0 bridgehead atoms. The Bertz CT molecular complexity index is 1320. The Morgan fingerprint density at radius 1 is 0.917 bits per heavy atom. The molecule has 6 rings (SSSR count). The second-order valence-electron chi connectivity index (χ2n) is 9.76. The van der Waals surface area contributed by atoms with Crippen molar-refractivity contribution < 1.29 is 0 Å². The van der Waals surface area contributed by atoms with Gasteiger partial charge >= 0.3 is 0 Å². The van der Waals surface area contributed by atoms with Crippen LogP contribution in [0.1, 0.15) is 25.0 Å². The van der Waals surface area contributed by atoms with Gasteiger partial charge in [-0.3, -0.25) is 4.98 Å². The summed E-state index contributed by atoms with van der Waals surface area (Å²) >= 11 is 8.59. The van der Waals surface area contributed by atoms with E-state index >= 15 is 0 Å². The molecule has 2 saturated heterocycles. The van der Waals surface area contributed by atoms with Gasteiger partial charge in [0.25, 0.3) is 0 Å². The molecule has 0 amide bonds. The molecule has 5 heterocycles. The zero-order valence-electron chi connectivity index (χ0n) is 20.7. The summed E-state index contributed by atoms with van der Waals surface area (Å²) in [7, 11) is 0. The maximum absolute atomic E-state index is 6.86. The highest BCUT2D eigenvalue weighted by molar-refractivity contribution is 7.13. The summed E-state index contributed by atoms with van der Waals surface area (Å²) in [6.07, 6.45) is 7.44. The predicted molar refractivity (Wildman–Crippen MR) is 150 cm³/mol. The number of benzene rings is 1. The van der Waals surface area contributed by atoms with Gasteiger partial charge in [-0.25, -0.2) is 9.97 Å². The highest BCUT2D eigenvalue weighted by Crippen LogP contribution is 2.35. The Hall–Kier alpha value is -2.68. The number of hydrogen-bond acceptors (Lipinski definition) is 7. The number of rotatable bonds is 7. The number of hydrogen-bond donors (Lipinski definition) is 0. The third kappa shape index (κ3) is 4.82. The number of anilines is 2. The number of pyridine rings is 1. The fourth-order valence-electron chi connectivity index (χ4n) is 5.41. The van der Waals surface area contributed by atoms with E-state index in [1.807, 2.05) is 30.6 Å². The average Bonchev–Trinajstić information content (AvgIpc) is 3.65. The fourth-order valence-corrected chi connectivity index (χ4v) is 6.54. The van der Waals surface area contributed by atoms with Crippen LogP contribution in [0, 0.1) is 6.92 Å². The molecule has 3 aromatic heterocycles. The molecule has 0 unspecified atom stereocenters. The second-order valence-corrected chi connectivity index (χ2v) is 11.0. The van der Waals surface area contributed by atoms with Crippen LogP contribution < -0.4 is 9.80 Å². The summed E-state index contributed by atoms with van der Waals surface area (Å²) in [5, 5.41) is 4.01. The number of aromatic nitrogens is 4. The fraction of sp³-hybridized carbons (Fsp3) is 0.444. The first kappa shape index (κ1) is 23.7. The van der Waals surface area contributed by atoms with Gasteiger partial charge in [0, 0.05) is 56.1 Å². The van der Waals surface area contributed by atoms with Gasteiger partial charge in [0.2, 0.25) is 0 Å². The van der Waals surface area contributed by atoms with Gasteiger partial charge < -0.3 is 19.3 Å². The van der Waals surface area contributed by atoms with Crippen molar-refractivity contribution in [1.29, 1.82) is 0 Å². The number of nitrogens with zero attached hydrogens (tertiary/aromatic N) is 7. The van der Waals surface area contributed by atoms with Crippen LogP contribution in [0.4, 0.5) is 10.8 Å². The summed E-state index contributed by atoms with van der Waals surface area (Å²) in [6.45, 7) is 10.3. The first-order valence-electron chi connectivity index (χ1n) is 12.9. The molecule has 0 atom stereocenters. The largest absolute Gasteiger partial charge is 0.367 e. The third-order valence-corrected chi connectivity index (χ3v) is 8.63. The number of halogens is 1. The lowest BCUT2D eigenvalue weighted by Gasteiger charge is -2.36. The van der Waals surface area contributed by atoms with Crippen LogP contribution >= 0.6 is 22.9 Å². The molecule has 4 aromatic rings. The summed E-state index contributed by atoms with van der Waals surface area (Å²) in [6, 6.07) is 8.39. The monoisotopic (exact) mass is 521 g/mol. The predicted octanol–water partition coefficient (Wildman–Crippen LogP) is 5.33. The normalized spacial score (nSPS) is 16.9. The topological polar surface area (TPSA) is 53.3 Å². The quantitative estimate of drug-likeness (QED) is 0.327. The molecule has 0 spiro atoms. The number of fused-ring (bicyclic) bond motifs is 1. The van der Waals surface area contributed by atoms with Crippen molar-refractivity contribution >= 4 is 44.8 Å². The van der Waals surface area contributed by atoms with Crippen LogP contribution in [0.3, 0.4) is 0 Å². The summed E-state index contributed by atoms with van der Waals surface area (Å²) in [4.78, 5) is 21.3. The van der Waals surface area contributed by atoms with Gasteiger partial charge in [-0.1, -0.05) is 11.6 Å². The van der Waals surface area contributed by atoms with E-state index in [9.17, 15) is 0 Å². The van der Waals surface area contributed by atoms with Crippen molar-refractivity contribution in [2.24, 2.45) is 0 Å². The number of thiazole rings is 1. The lowest BCUT2D eigenvalue weighted by molar-refractivity contribution is 0.326. The molecule has 0 N–H and O–H groups in total. The molecular weight excluding hydrogens is 490 g/mol. The first-order chi connectivity index (χ1) is 17.7. The van der Waals surface area contributed by atoms with Gasteiger partial charge in [0.05, 0.1) is 27.4 Å². The minimum Gasteiger partial charge on any atom is -0.367 e. The molecule has 0 saturated carbocycles. The van der Waals surface area contributed by atoms with E-state index in [0.29, 0.717) is 0 Å². The first-order valence-corrected chi connectivity index (χ1v) is 14.2. The zero-order valence-corrected chi connectivity index (χ0v) is 22.3. The van der Waals surface area contributed by atoms with Crippen LogP contribution in [-0.4, -0.2) is 70.2 Å². The molecule has 7 nitrogen and oxygen atoms in total. The molecule has 0 aliphatic carbocycles. The summed E-state index contributed by atoms with van der Waals surface area (Å²) in [5.41, 5.74) is 5.39. The molecule has 9 heteroatoms. The average molecular weight is 522 g/mol. The van der Waals surface area contributed by atoms with Gasteiger partial charge in [-0.2, -0.15) is 0 Å². The Morgan fingerprint density at radius 3 is 2.39 bits per heavy atom.